The van der Waals surface area contributed by atoms with Crippen LogP contribution < -0.4 is 11.1 Å². The fourth-order valence-corrected chi connectivity index (χ4v) is 3.79. The highest BCUT2D eigenvalue weighted by Crippen LogP contribution is 2.15. The van der Waals surface area contributed by atoms with Crippen LogP contribution in [0.15, 0.2) is 48.8 Å². The molecule has 0 radical (unpaired) electrons. The van der Waals surface area contributed by atoms with Gasteiger partial charge in [-0.25, -0.2) is 14.4 Å². The molecule has 182 valence electrons. The predicted octanol–water partition coefficient (Wildman–Crippen LogP) is 2.85. The van der Waals surface area contributed by atoms with Crippen LogP contribution in [-0.4, -0.2) is 39.0 Å². The average Bonchev–Trinajstić information content (AvgIpc) is 2.79. The number of carbonyl (C=O) groups is 3. The van der Waals surface area contributed by atoms with Crippen molar-refractivity contribution >= 4 is 17.6 Å². The number of hydrogen-bond donors (Lipinski definition) is 2. The molecule has 0 aliphatic carbocycles. The highest BCUT2D eigenvalue weighted by molar-refractivity contribution is 5.95. The van der Waals surface area contributed by atoms with Crippen LogP contribution in [0, 0.1) is 19.7 Å². The van der Waals surface area contributed by atoms with Gasteiger partial charge in [-0.15, -0.1) is 0 Å². The largest absolute Gasteiger partial charge is 0.369 e. The lowest BCUT2D eigenvalue weighted by atomic mass is 10.0. The molecule has 8 nitrogen and oxygen atoms in total. The lowest BCUT2D eigenvalue weighted by molar-refractivity contribution is -0.119. The van der Waals surface area contributed by atoms with Gasteiger partial charge in [0, 0.05) is 25.2 Å². The molecule has 1 heterocycles. The number of nitrogens with zero attached hydrogens (tertiary/aromatic N) is 3. The summed E-state index contributed by atoms with van der Waals surface area (Å²) in [7, 11) is 0. The first-order valence-electron chi connectivity index (χ1n) is 11.1. The Hall–Kier alpha value is -3.98. The standard InChI is InChI=1S/C26H28FN5O3/c1-16-8-20(4-6-22(16)18(3)33)12-32(14-25(28)34)13-21-10-24(31-15-30-21)26(35)29-11-19-5-7-23(27)17(2)9-19/h4-10,15H,11-14H2,1-3H3,(H2,28,34)(H,29,35). The molecule has 2 amide bonds. The minimum Gasteiger partial charge on any atom is -0.369 e. The van der Waals surface area contributed by atoms with Crippen molar-refractivity contribution in [3.8, 4) is 0 Å². The van der Waals surface area contributed by atoms with Crippen molar-refractivity contribution in [2.24, 2.45) is 5.73 Å². The average molecular weight is 478 g/mol. The highest BCUT2D eigenvalue weighted by Gasteiger charge is 2.15. The van der Waals surface area contributed by atoms with E-state index in [1.54, 1.807) is 36.1 Å². The van der Waals surface area contributed by atoms with Gasteiger partial charge in [0.15, 0.2) is 5.78 Å². The molecular weight excluding hydrogens is 449 g/mol. The van der Waals surface area contributed by atoms with Crippen molar-refractivity contribution in [1.29, 1.82) is 0 Å². The van der Waals surface area contributed by atoms with Crippen LogP contribution in [0.5, 0.6) is 0 Å². The first-order valence-corrected chi connectivity index (χ1v) is 11.1. The third-order valence-electron chi connectivity index (χ3n) is 5.47. The normalized spacial score (nSPS) is 10.9. The van der Waals surface area contributed by atoms with E-state index in [4.69, 9.17) is 5.73 Å². The number of ketones is 1. The molecule has 0 saturated heterocycles. The van der Waals surface area contributed by atoms with Gasteiger partial charge in [-0.1, -0.05) is 30.3 Å². The van der Waals surface area contributed by atoms with Crippen molar-refractivity contribution < 1.29 is 18.8 Å². The van der Waals surface area contributed by atoms with Gasteiger partial charge >= 0.3 is 0 Å². The lowest BCUT2D eigenvalue weighted by Gasteiger charge is -2.21. The first-order chi connectivity index (χ1) is 16.6. The molecule has 0 atom stereocenters. The van der Waals surface area contributed by atoms with Crippen LogP contribution in [0.2, 0.25) is 0 Å². The quantitative estimate of drug-likeness (QED) is 0.434. The van der Waals surface area contributed by atoms with Gasteiger partial charge in [-0.3, -0.25) is 19.3 Å². The van der Waals surface area contributed by atoms with Gasteiger partial charge in [0.1, 0.15) is 17.8 Å². The van der Waals surface area contributed by atoms with Crippen LogP contribution >= 0.6 is 0 Å². The number of primary amides is 1. The van der Waals surface area contributed by atoms with Crippen LogP contribution in [0.1, 0.15) is 55.7 Å². The molecule has 35 heavy (non-hydrogen) atoms. The lowest BCUT2D eigenvalue weighted by Crippen LogP contribution is -2.33. The van der Waals surface area contributed by atoms with Crippen LogP contribution in [0.3, 0.4) is 0 Å². The predicted molar refractivity (Wildman–Crippen MR) is 129 cm³/mol. The molecule has 0 bridgehead atoms. The Balaban J connectivity index is 1.70. The Morgan fingerprint density at radius 1 is 0.971 bits per heavy atom. The smallest absolute Gasteiger partial charge is 0.270 e. The maximum atomic E-state index is 13.4. The summed E-state index contributed by atoms with van der Waals surface area (Å²) in [5.41, 5.74) is 9.85. The topological polar surface area (TPSA) is 118 Å². The summed E-state index contributed by atoms with van der Waals surface area (Å²) in [6.07, 6.45) is 1.29. The molecule has 1 aromatic heterocycles. The number of benzene rings is 2. The summed E-state index contributed by atoms with van der Waals surface area (Å²) in [5, 5.41) is 2.77. The Labute approximate surface area is 203 Å². The number of Topliss-reactive ketones (excluding diaryl/α,β-unsaturated/α-hetero) is 1. The Kier molecular flexibility index (Phi) is 8.38. The number of aromatic nitrogens is 2. The Bertz CT molecular complexity index is 1260. The third kappa shape index (κ3) is 7.25. The molecule has 0 fully saturated rings. The summed E-state index contributed by atoms with van der Waals surface area (Å²) >= 11 is 0. The zero-order valence-electron chi connectivity index (χ0n) is 20.0. The number of nitrogens with one attached hydrogen (secondary N) is 1. The monoisotopic (exact) mass is 477 g/mol. The molecule has 9 heteroatoms. The highest BCUT2D eigenvalue weighted by atomic mass is 19.1. The van der Waals surface area contributed by atoms with Crippen LogP contribution in [0.4, 0.5) is 4.39 Å². The number of rotatable bonds is 10. The fourth-order valence-electron chi connectivity index (χ4n) is 3.79. The van der Waals surface area contributed by atoms with Crippen molar-refractivity contribution in [1.82, 2.24) is 20.2 Å². The van der Waals surface area contributed by atoms with E-state index in [2.05, 4.69) is 15.3 Å². The second-order valence-corrected chi connectivity index (χ2v) is 8.48. The molecule has 0 spiro atoms. The fraction of sp³-hybridized carbons (Fsp3) is 0.269. The molecule has 3 N–H and O–H groups in total. The van der Waals surface area contributed by atoms with Gasteiger partial charge < -0.3 is 11.1 Å². The van der Waals surface area contributed by atoms with E-state index < -0.39 is 11.8 Å². The molecule has 2 aromatic carbocycles. The van der Waals surface area contributed by atoms with E-state index in [0.717, 1.165) is 16.7 Å². The summed E-state index contributed by atoms with van der Waals surface area (Å²) in [4.78, 5) is 46.0. The molecule has 3 aromatic rings. The summed E-state index contributed by atoms with van der Waals surface area (Å²) in [6, 6.07) is 11.7. The van der Waals surface area contributed by atoms with Gasteiger partial charge in [0.2, 0.25) is 5.91 Å². The summed E-state index contributed by atoms with van der Waals surface area (Å²) in [5.74, 6) is -1.20. The van der Waals surface area contributed by atoms with E-state index in [-0.39, 0.29) is 36.9 Å². The number of nitrogens with two attached hydrogens (primary N) is 1. The van der Waals surface area contributed by atoms with Gasteiger partial charge in [0.25, 0.3) is 5.91 Å². The maximum absolute atomic E-state index is 13.4. The second kappa shape index (κ2) is 11.4. The second-order valence-electron chi connectivity index (χ2n) is 8.48. The minimum atomic E-state index is -0.497. The number of aryl methyl sites for hydroxylation is 2. The van der Waals surface area contributed by atoms with Gasteiger partial charge in [-0.05, 0) is 55.2 Å². The Morgan fingerprint density at radius 3 is 2.34 bits per heavy atom. The van der Waals surface area contributed by atoms with Gasteiger partial charge in [0.05, 0.1) is 12.2 Å². The first kappa shape index (κ1) is 25.6. The zero-order valence-corrected chi connectivity index (χ0v) is 20.0. The molecule has 0 unspecified atom stereocenters. The SMILES string of the molecule is CC(=O)c1ccc(CN(CC(N)=O)Cc2cc(C(=O)NCc3ccc(F)c(C)c3)ncn2)cc1C. The number of amides is 2. The molecule has 0 saturated carbocycles. The van der Waals surface area contributed by atoms with Crippen molar-refractivity contribution in [3.05, 3.63) is 93.8 Å². The Morgan fingerprint density at radius 2 is 1.69 bits per heavy atom. The number of halogens is 1. The zero-order chi connectivity index (χ0) is 25.5. The molecule has 0 aliphatic heterocycles. The molecule has 0 aliphatic rings. The van der Waals surface area contributed by atoms with E-state index >= 15 is 0 Å². The van der Waals surface area contributed by atoms with Crippen molar-refractivity contribution in [3.63, 3.8) is 0 Å². The van der Waals surface area contributed by atoms with Crippen LogP contribution in [-0.2, 0) is 24.4 Å². The van der Waals surface area contributed by atoms with Gasteiger partial charge in [-0.2, -0.15) is 0 Å². The summed E-state index contributed by atoms with van der Waals surface area (Å²) in [6.45, 7) is 5.92. The third-order valence-corrected chi connectivity index (χ3v) is 5.47. The minimum absolute atomic E-state index is 0.00982. The maximum Gasteiger partial charge on any atom is 0.270 e. The van der Waals surface area contributed by atoms with Crippen molar-refractivity contribution in [2.75, 3.05) is 6.54 Å². The molecule has 3 rings (SSSR count). The number of hydrogen-bond acceptors (Lipinski definition) is 6. The van der Waals surface area contributed by atoms with E-state index in [1.165, 1.54) is 19.3 Å². The van der Waals surface area contributed by atoms with E-state index in [9.17, 15) is 18.8 Å². The van der Waals surface area contributed by atoms with Crippen molar-refractivity contribution in [2.45, 2.75) is 40.4 Å². The number of carbonyl (C=O) groups excluding carboxylic acids is 3. The molecular formula is C26H28FN5O3. The van der Waals surface area contributed by atoms with E-state index in [0.29, 0.717) is 23.4 Å². The van der Waals surface area contributed by atoms with Crippen LogP contribution in [0.25, 0.3) is 0 Å². The summed E-state index contributed by atoms with van der Waals surface area (Å²) < 4.78 is 13.4. The van der Waals surface area contributed by atoms with E-state index in [1.807, 2.05) is 19.1 Å².